The Kier molecular flexibility index (Phi) is 9.12. The fourth-order valence-electron chi connectivity index (χ4n) is 9.21. The molecule has 0 aliphatic rings. The van der Waals surface area contributed by atoms with Crippen molar-refractivity contribution in [2.75, 3.05) is 9.80 Å². The summed E-state index contributed by atoms with van der Waals surface area (Å²) in [4.78, 5) is 4.65. The topological polar surface area (TPSA) is 32.8 Å². The second-order valence-corrected chi connectivity index (χ2v) is 16.1. The van der Waals surface area contributed by atoms with Crippen LogP contribution in [0.2, 0.25) is 0 Å². The maximum absolute atomic E-state index is 7.04. The maximum Gasteiger partial charge on any atom is 0.159 e. The Balaban J connectivity index is 1.01. The van der Waals surface area contributed by atoms with Gasteiger partial charge in [-0.1, -0.05) is 158 Å². The van der Waals surface area contributed by atoms with E-state index in [-0.39, 0.29) is 0 Å². The van der Waals surface area contributed by atoms with E-state index in [9.17, 15) is 0 Å². The molecule has 302 valence electrons. The van der Waals surface area contributed by atoms with Gasteiger partial charge in [-0.25, -0.2) is 0 Å². The van der Waals surface area contributed by atoms with Gasteiger partial charge in [-0.3, -0.25) is 0 Å². The highest BCUT2D eigenvalue weighted by Crippen LogP contribution is 2.48. The third-order valence-electron chi connectivity index (χ3n) is 12.3. The van der Waals surface area contributed by atoms with Crippen LogP contribution in [0.15, 0.2) is 251 Å². The number of benzene rings is 10. The molecule has 0 amide bonds. The van der Waals surface area contributed by atoms with Gasteiger partial charge in [0.15, 0.2) is 5.58 Å². The predicted molar refractivity (Wildman–Crippen MR) is 267 cm³/mol. The number of nitrogens with zero attached hydrogens (tertiary/aromatic N) is 2. The summed E-state index contributed by atoms with van der Waals surface area (Å²) in [6.45, 7) is 0. The van der Waals surface area contributed by atoms with E-state index in [1.54, 1.807) is 0 Å². The first kappa shape index (κ1) is 37.2. The van der Waals surface area contributed by atoms with E-state index in [4.69, 9.17) is 8.83 Å². The summed E-state index contributed by atoms with van der Waals surface area (Å²) < 4.78 is 13.3. The van der Waals surface area contributed by atoms with Crippen LogP contribution in [-0.2, 0) is 0 Å². The first-order valence-corrected chi connectivity index (χ1v) is 21.7. The lowest BCUT2D eigenvalue weighted by atomic mass is 10.0. The lowest BCUT2D eigenvalue weighted by molar-refractivity contribution is 0.669. The van der Waals surface area contributed by atoms with Gasteiger partial charge in [0.2, 0.25) is 0 Å². The van der Waals surface area contributed by atoms with Gasteiger partial charge in [-0.15, -0.1) is 0 Å². The van der Waals surface area contributed by atoms with E-state index >= 15 is 0 Å². The zero-order valence-corrected chi connectivity index (χ0v) is 34.8. The van der Waals surface area contributed by atoms with E-state index in [1.165, 1.54) is 22.3 Å². The maximum atomic E-state index is 7.04. The van der Waals surface area contributed by atoms with Gasteiger partial charge < -0.3 is 18.6 Å². The highest BCUT2D eigenvalue weighted by molar-refractivity contribution is 6.16. The third-order valence-corrected chi connectivity index (χ3v) is 12.3. The molecule has 0 aliphatic heterocycles. The number of para-hydroxylation sites is 3. The predicted octanol–water partition coefficient (Wildman–Crippen LogP) is 17.4. The van der Waals surface area contributed by atoms with Crippen LogP contribution in [0.3, 0.4) is 0 Å². The molecule has 0 bridgehead atoms. The van der Waals surface area contributed by atoms with Crippen LogP contribution >= 0.6 is 0 Å². The molecule has 2 heterocycles. The van der Waals surface area contributed by atoms with E-state index in [2.05, 4.69) is 240 Å². The average molecular weight is 821 g/mol. The molecule has 2 aromatic heterocycles. The standard InChI is InChI=1S/C60H40N2O2/c1-4-15-41(16-5-1)43-29-34-48(35-30-43)61(49-36-31-44(32-37-49)42-17-6-2-7-18-42)54-25-14-28-57-59(54)53-24-13-26-55(60(53)64-57)62(47-20-8-3-9-21-47)50-22-12-19-45(39-50)46-33-38-52-51-23-10-11-27-56(51)63-58(52)40-46/h1-40H. The number of rotatable bonds is 9. The summed E-state index contributed by atoms with van der Waals surface area (Å²) >= 11 is 0. The Hall–Kier alpha value is -8.60. The van der Waals surface area contributed by atoms with Crippen LogP contribution in [0.25, 0.3) is 77.3 Å². The van der Waals surface area contributed by atoms with Crippen LogP contribution in [0.4, 0.5) is 34.1 Å². The van der Waals surface area contributed by atoms with Gasteiger partial charge in [0.25, 0.3) is 0 Å². The summed E-state index contributed by atoms with van der Waals surface area (Å²) in [5.41, 5.74) is 16.4. The van der Waals surface area contributed by atoms with Crippen molar-refractivity contribution in [1.29, 1.82) is 0 Å². The Morgan fingerprint density at radius 2 is 0.703 bits per heavy atom. The fourth-order valence-corrected chi connectivity index (χ4v) is 9.21. The Bertz CT molecular complexity index is 3510. The molecule has 0 fully saturated rings. The molecule has 0 atom stereocenters. The molecule has 4 heteroatoms. The molecular formula is C60H40N2O2. The number of fused-ring (bicyclic) bond motifs is 6. The molecule has 0 unspecified atom stereocenters. The quantitative estimate of drug-likeness (QED) is 0.145. The zero-order valence-electron chi connectivity index (χ0n) is 34.8. The van der Waals surface area contributed by atoms with Crippen molar-refractivity contribution in [2.24, 2.45) is 0 Å². The Morgan fingerprint density at radius 3 is 1.41 bits per heavy atom. The summed E-state index contributed by atoms with van der Waals surface area (Å²) in [6, 6.07) is 85.6. The molecule has 0 N–H and O–H groups in total. The highest BCUT2D eigenvalue weighted by atomic mass is 16.3. The van der Waals surface area contributed by atoms with E-state index < -0.39 is 0 Å². The van der Waals surface area contributed by atoms with Gasteiger partial charge in [-0.2, -0.15) is 0 Å². The van der Waals surface area contributed by atoms with Crippen molar-refractivity contribution in [1.82, 2.24) is 0 Å². The zero-order chi connectivity index (χ0) is 42.4. The van der Waals surface area contributed by atoms with Crippen LogP contribution in [-0.4, -0.2) is 0 Å². The van der Waals surface area contributed by atoms with Crippen molar-refractivity contribution < 1.29 is 8.83 Å². The van der Waals surface area contributed by atoms with Crippen molar-refractivity contribution in [2.45, 2.75) is 0 Å². The molecular weight excluding hydrogens is 781 g/mol. The SMILES string of the molecule is c1ccc(-c2ccc(N(c3ccc(-c4ccccc4)cc3)c3cccc4oc5c(N(c6ccccc6)c6cccc(-c7ccc8c(c7)oc7ccccc78)c6)cccc5c34)cc2)cc1. The Labute approximate surface area is 371 Å². The second-order valence-electron chi connectivity index (χ2n) is 16.1. The first-order valence-electron chi connectivity index (χ1n) is 21.7. The molecule has 0 spiro atoms. The Morgan fingerprint density at radius 1 is 0.250 bits per heavy atom. The molecule has 0 radical (unpaired) electrons. The molecule has 0 saturated carbocycles. The van der Waals surface area contributed by atoms with Crippen molar-refractivity contribution in [3.8, 4) is 33.4 Å². The normalized spacial score (nSPS) is 11.4. The van der Waals surface area contributed by atoms with Crippen LogP contribution in [0.1, 0.15) is 0 Å². The molecule has 64 heavy (non-hydrogen) atoms. The van der Waals surface area contributed by atoms with Gasteiger partial charge in [0.1, 0.15) is 16.7 Å². The largest absolute Gasteiger partial charge is 0.456 e. The molecule has 10 aromatic carbocycles. The summed E-state index contributed by atoms with van der Waals surface area (Å²) in [5, 5.41) is 4.31. The van der Waals surface area contributed by atoms with Crippen molar-refractivity contribution in [3.05, 3.63) is 243 Å². The van der Waals surface area contributed by atoms with Gasteiger partial charge in [0, 0.05) is 38.9 Å². The van der Waals surface area contributed by atoms with Crippen molar-refractivity contribution in [3.63, 3.8) is 0 Å². The second kappa shape index (κ2) is 15.7. The average Bonchev–Trinajstić information content (AvgIpc) is 3.95. The summed E-state index contributed by atoms with van der Waals surface area (Å²) in [6.07, 6.45) is 0. The highest BCUT2D eigenvalue weighted by Gasteiger charge is 2.24. The van der Waals surface area contributed by atoms with Gasteiger partial charge >= 0.3 is 0 Å². The molecule has 12 rings (SSSR count). The number of furan rings is 2. The lowest BCUT2D eigenvalue weighted by Gasteiger charge is -2.27. The van der Waals surface area contributed by atoms with E-state index in [0.29, 0.717) is 0 Å². The molecule has 0 saturated heterocycles. The van der Waals surface area contributed by atoms with E-state index in [0.717, 1.165) is 89.1 Å². The smallest absolute Gasteiger partial charge is 0.159 e. The lowest BCUT2D eigenvalue weighted by Crippen LogP contribution is -2.10. The van der Waals surface area contributed by atoms with Gasteiger partial charge in [0.05, 0.1) is 16.8 Å². The van der Waals surface area contributed by atoms with Crippen molar-refractivity contribution >= 4 is 78.0 Å². The fraction of sp³-hybridized carbons (Fsp3) is 0. The van der Waals surface area contributed by atoms with E-state index in [1.807, 2.05) is 12.1 Å². The number of anilines is 6. The first-order chi connectivity index (χ1) is 31.7. The minimum absolute atomic E-state index is 0.807. The monoisotopic (exact) mass is 820 g/mol. The van der Waals surface area contributed by atoms with Crippen LogP contribution in [0.5, 0.6) is 0 Å². The van der Waals surface area contributed by atoms with Crippen LogP contribution in [0, 0.1) is 0 Å². The molecule has 12 aromatic rings. The third kappa shape index (κ3) is 6.57. The molecule has 0 aliphatic carbocycles. The molecule has 4 nitrogen and oxygen atoms in total. The number of hydrogen-bond acceptors (Lipinski definition) is 4. The van der Waals surface area contributed by atoms with Crippen LogP contribution < -0.4 is 9.80 Å². The summed E-state index contributed by atoms with van der Waals surface area (Å²) in [5.74, 6) is 0. The minimum Gasteiger partial charge on any atom is -0.456 e. The summed E-state index contributed by atoms with van der Waals surface area (Å²) in [7, 11) is 0. The minimum atomic E-state index is 0.807. The van der Waals surface area contributed by atoms with Gasteiger partial charge in [-0.05, 0) is 118 Å². The number of hydrogen-bond donors (Lipinski definition) is 0.